The van der Waals surface area contributed by atoms with E-state index >= 15 is 0 Å². The van der Waals surface area contributed by atoms with Crippen LogP contribution in [0.25, 0.3) is 0 Å². The fraction of sp³-hybridized carbons (Fsp3) is 0.176. The van der Waals surface area contributed by atoms with Crippen LogP contribution in [0.5, 0.6) is 5.75 Å². The molecule has 126 valence electrons. The number of carbonyl (C=O) groups is 1. The highest BCUT2D eigenvalue weighted by Gasteiger charge is 2.09. The van der Waals surface area contributed by atoms with Crippen molar-refractivity contribution in [2.45, 2.75) is 13.3 Å². The van der Waals surface area contributed by atoms with E-state index in [0.717, 1.165) is 12.2 Å². The predicted octanol–water partition coefficient (Wildman–Crippen LogP) is 4.91. The van der Waals surface area contributed by atoms with Crippen LogP contribution in [0.2, 0.25) is 10.0 Å². The molecule has 24 heavy (non-hydrogen) atoms. The average Bonchev–Trinajstić information content (AvgIpc) is 2.52. The van der Waals surface area contributed by atoms with Gasteiger partial charge in [-0.25, -0.2) is 0 Å². The summed E-state index contributed by atoms with van der Waals surface area (Å²) in [6.45, 7) is 2.67. The number of hydrogen-bond acceptors (Lipinski definition) is 3. The average molecular weight is 383 g/mol. The second-order valence-electron chi connectivity index (χ2n) is 4.94. The summed E-state index contributed by atoms with van der Waals surface area (Å²) in [5.41, 5.74) is 1.08. The second kappa shape index (κ2) is 8.87. The van der Waals surface area contributed by atoms with Crippen molar-refractivity contribution >= 4 is 52.1 Å². The lowest BCUT2D eigenvalue weighted by Crippen LogP contribution is -2.34. The molecule has 0 unspecified atom stereocenters. The number of halogens is 2. The third-order valence-electron chi connectivity index (χ3n) is 2.94. The minimum atomic E-state index is -0.317. The molecule has 0 atom stereocenters. The fourth-order valence-electron chi connectivity index (χ4n) is 1.89. The number of benzene rings is 2. The number of ether oxygens (including phenoxy) is 1. The van der Waals surface area contributed by atoms with E-state index in [4.69, 9.17) is 40.2 Å². The zero-order valence-electron chi connectivity index (χ0n) is 12.9. The molecule has 2 aromatic rings. The van der Waals surface area contributed by atoms with E-state index in [9.17, 15) is 4.79 Å². The van der Waals surface area contributed by atoms with Gasteiger partial charge in [-0.1, -0.05) is 30.1 Å². The summed E-state index contributed by atoms with van der Waals surface area (Å²) >= 11 is 17.0. The summed E-state index contributed by atoms with van der Waals surface area (Å²) in [5.74, 6) is 0.408. The first-order valence-electron chi connectivity index (χ1n) is 7.29. The van der Waals surface area contributed by atoms with E-state index in [1.807, 2.05) is 6.92 Å². The molecular formula is C17H16Cl2N2O2S. The maximum Gasteiger partial charge on any atom is 0.257 e. The van der Waals surface area contributed by atoms with Crippen molar-refractivity contribution in [3.63, 3.8) is 0 Å². The van der Waals surface area contributed by atoms with Crippen LogP contribution in [-0.2, 0) is 0 Å². The Balaban J connectivity index is 1.94. The van der Waals surface area contributed by atoms with Crippen molar-refractivity contribution in [1.29, 1.82) is 0 Å². The maximum atomic E-state index is 12.2. The minimum absolute atomic E-state index is 0.157. The zero-order valence-corrected chi connectivity index (χ0v) is 15.3. The van der Waals surface area contributed by atoms with Crippen LogP contribution in [0.1, 0.15) is 23.7 Å². The molecule has 2 N–H and O–H groups in total. The van der Waals surface area contributed by atoms with Gasteiger partial charge in [-0.05, 0) is 61.1 Å². The van der Waals surface area contributed by atoms with E-state index in [0.29, 0.717) is 27.9 Å². The third kappa shape index (κ3) is 5.67. The van der Waals surface area contributed by atoms with Gasteiger partial charge in [-0.2, -0.15) is 0 Å². The standard InChI is InChI=1S/C17H16Cl2N2O2S/c1-2-7-23-15-5-3-11(4-6-15)16(22)21-17(24)20-14-9-12(18)8-13(19)10-14/h3-6,8-10H,2,7H2,1H3,(H2,20,21,22,24). The Hall–Kier alpha value is -1.82. The molecule has 2 rings (SSSR count). The van der Waals surface area contributed by atoms with Gasteiger partial charge in [0.05, 0.1) is 6.61 Å². The van der Waals surface area contributed by atoms with Gasteiger partial charge in [-0.3, -0.25) is 10.1 Å². The molecule has 0 bridgehead atoms. The Bertz CT molecular complexity index is 716. The quantitative estimate of drug-likeness (QED) is 0.721. The molecule has 0 aliphatic heterocycles. The molecule has 0 aliphatic rings. The van der Waals surface area contributed by atoms with E-state index < -0.39 is 0 Å². The lowest BCUT2D eigenvalue weighted by molar-refractivity contribution is 0.0977. The molecule has 1 amide bonds. The molecule has 0 heterocycles. The van der Waals surface area contributed by atoms with Gasteiger partial charge in [0.1, 0.15) is 5.75 Å². The molecule has 4 nitrogen and oxygen atoms in total. The van der Waals surface area contributed by atoms with Crippen molar-refractivity contribution in [2.24, 2.45) is 0 Å². The first-order valence-corrected chi connectivity index (χ1v) is 8.45. The van der Waals surface area contributed by atoms with Crippen LogP contribution >= 0.6 is 35.4 Å². The molecule has 7 heteroatoms. The molecule has 0 saturated heterocycles. The van der Waals surface area contributed by atoms with Crippen LogP contribution in [0, 0.1) is 0 Å². The van der Waals surface area contributed by atoms with Crippen LogP contribution < -0.4 is 15.4 Å². The molecule has 0 radical (unpaired) electrons. The molecule has 0 fully saturated rings. The van der Waals surface area contributed by atoms with E-state index in [2.05, 4.69) is 10.6 Å². The first-order chi connectivity index (χ1) is 11.5. The highest BCUT2D eigenvalue weighted by Crippen LogP contribution is 2.22. The zero-order chi connectivity index (χ0) is 17.5. The number of hydrogen-bond donors (Lipinski definition) is 2. The summed E-state index contributed by atoms with van der Waals surface area (Å²) < 4.78 is 5.48. The highest BCUT2D eigenvalue weighted by molar-refractivity contribution is 7.80. The maximum absolute atomic E-state index is 12.2. The van der Waals surface area contributed by atoms with E-state index in [1.165, 1.54) is 0 Å². The van der Waals surface area contributed by atoms with Gasteiger partial charge in [-0.15, -0.1) is 0 Å². The number of nitrogens with one attached hydrogen (secondary N) is 2. The van der Waals surface area contributed by atoms with Crippen LogP contribution in [-0.4, -0.2) is 17.6 Å². The largest absolute Gasteiger partial charge is 0.494 e. The summed E-state index contributed by atoms with van der Waals surface area (Å²) in [4.78, 5) is 12.2. The highest BCUT2D eigenvalue weighted by atomic mass is 35.5. The normalized spacial score (nSPS) is 10.1. The van der Waals surface area contributed by atoms with Gasteiger partial charge in [0.15, 0.2) is 5.11 Å². The summed E-state index contributed by atoms with van der Waals surface area (Å²) in [6, 6.07) is 11.8. The number of carbonyl (C=O) groups excluding carboxylic acids is 1. The Morgan fingerprint density at radius 3 is 2.33 bits per heavy atom. The second-order valence-corrected chi connectivity index (χ2v) is 6.22. The number of thiocarbonyl (C=S) groups is 1. The smallest absolute Gasteiger partial charge is 0.257 e. The third-order valence-corrected chi connectivity index (χ3v) is 3.58. The van der Waals surface area contributed by atoms with Crippen molar-refractivity contribution in [3.05, 3.63) is 58.1 Å². The minimum Gasteiger partial charge on any atom is -0.494 e. The Labute approximate surface area is 156 Å². The Morgan fingerprint density at radius 2 is 1.75 bits per heavy atom. The van der Waals surface area contributed by atoms with Gasteiger partial charge >= 0.3 is 0 Å². The van der Waals surface area contributed by atoms with Gasteiger partial charge < -0.3 is 10.1 Å². The molecule has 0 saturated carbocycles. The topological polar surface area (TPSA) is 50.4 Å². The van der Waals surface area contributed by atoms with Crippen molar-refractivity contribution in [2.75, 3.05) is 11.9 Å². The number of amides is 1. The van der Waals surface area contributed by atoms with Crippen molar-refractivity contribution < 1.29 is 9.53 Å². The predicted molar refractivity (Wildman–Crippen MR) is 102 cm³/mol. The summed E-state index contributed by atoms with van der Waals surface area (Å²) in [6.07, 6.45) is 0.926. The van der Waals surface area contributed by atoms with Gasteiger partial charge in [0.2, 0.25) is 0 Å². The first kappa shape index (κ1) is 18.5. The molecule has 2 aromatic carbocycles. The summed E-state index contributed by atoms with van der Waals surface area (Å²) in [5, 5.41) is 6.57. The fourth-order valence-corrected chi connectivity index (χ4v) is 2.62. The lowest BCUT2D eigenvalue weighted by atomic mass is 10.2. The number of rotatable bonds is 5. The monoisotopic (exact) mass is 382 g/mol. The summed E-state index contributed by atoms with van der Waals surface area (Å²) in [7, 11) is 0. The Morgan fingerprint density at radius 1 is 1.12 bits per heavy atom. The lowest BCUT2D eigenvalue weighted by Gasteiger charge is -2.11. The van der Waals surface area contributed by atoms with E-state index in [1.54, 1.807) is 42.5 Å². The van der Waals surface area contributed by atoms with Gasteiger partial charge in [0, 0.05) is 21.3 Å². The molecular weight excluding hydrogens is 367 g/mol. The van der Waals surface area contributed by atoms with Crippen LogP contribution in [0.3, 0.4) is 0 Å². The molecule has 0 aliphatic carbocycles. The Kier molecular flexibility index (Phi) is 6.85. The van der Waals surface area contributed by atoms with Crippen LogP contribution in [0.15, 0.2) is 42.5 Å². The van der Waals surface area contributed by atoms with Crippen molar-refractivity contribution in [3.8, 4) is 5.75 Å². The van der Waals surface area contributed by atoms with Crippen molar-refractivity contribution in [1.82, 2.24) is 5.32 Å². The van der Waals surface area contributed by atoms with E-state index in [-0.39, 0.29) is 11.0 Å². The number of anilines is 1. The molecule has 0 aromatic heterocycles. The SMILES string of the molecule is CCCOc1ccc(C(=O)NC(=S)Nc2cc(Cl)cc(Cl)c2)cc1. The van der Waals surface area contributed by atoms with Gasteiger partial charge in [0.25, 0.3) is 5.91 Å². The van der Waals surface area contributed by atoms with Crippen LogP contribution in [0.4, 0.5) is 5.69 Å². The molecule has 0 spiro atoms.